The lowest BCUT2D eigenvalue weighted by atomic mass is 10.1. The molecule has 0 saturated heterocycles. The molecule has 0 aliphatic rings. The smallest absolute Gasteiger partial charge is 0.335 e. The van der Waals surface area contributed by atoms with Gasteiger partial charge in [0.15, 0.2) is 0 Å². The number of amides is 1. The van der Waals surface area contributed by atoms with Gasteiger partial charge in [0.1, 0.15) is 11.4 Å². The van der Waals surface area contributed by atoms with Gasteiger partial charge in [-0.25, -0.2) is 4.79 Å². The number of nitrogens with one attached hydrogen (secondary N) is 1. The van der Waals surface area contributed by atoms with Crippen LogP contribution in [0.15, 0.2) is 55.0 Å². The molecule has 0 radical (unpaired) electrons. The Hall–Kier alpha value is -3.35. The lowest BCUT2D eigenvalue weighted by Gasteiger charge is -2.09. The van der Waals surface area contributed by atoms with Crippen molar-refractivity contribution in [2.45, 2.75) is 6.42 Å². The van der Waals surface area contributed by atoms with Crippen LogP contribution >= 0.6 is 0 Å². The first-order valence-electron chi connectivity index (χ1n) is 7.82. The van der Waals surface area contributed by atoms with Crippen LogP contribution in [0.2, 0.25) is 0 Å². The van der Waals surface area contributed by atoms with Crippen LogP contribution < -0.4 is 5.32 Å². The number of rotatable bonds is 6. The van der Waals surface area contributed by atoms with Gasteiger partial charge in [0, 0.05) is 26.0 Å². The molecular weight excluding hydrogens is 320 g/mol. The number of aryl methyl sites for hydroxylation is 1. The maximum absolute atomic E-state index is 12.5. The zero-order chi connectivity index (χ0) is 17.8. The zero-order valence-corrected chi connectivity index (χ0v) is 13.7. The van der Waals surface area contributed by atoms with E-state index in [0.717, 1.165) is 5.56 Å². The van der Waals surface area contributed by atoms with Gasteiger partial charge < -0.3 is 15.0 Å². The number of hydrogen-bond donors (Lipinski definition) is 2. The molecule has 0 spiro atoms. The first-order valence-corrected chi connectivity index (χ1v) is 7.82. The minimum Gasteiger partial charge on any atom is -0.478 e. The normalized spacial score (nSPS) is 10.6. The fraction of sp³-hybridized carbons (Fsp3) is 0.167. The Morgan fingerprint density at radius 1 is 1.20 bits per heavy atom. The number of carbonyl (C=O) groups excluding carboxylic acids is 1. The largest absolute Gasteiger partial charge is 0.478 e. The Kier molecular flexibility index (Phi) is 4.65. The molecule has 0 fully saturated rings. The van der Waals surface area contributed by atoms with E-state index in [4.69, 9.17) is 5.11 Å². The molecule has 0 saturated carbocycles. The summed E-state index contributed by atoms with van der Waals surface area (Å²) in [5, 5.41) is 16.0. The van der Waals surface area contributed by atoms with Crippen molar-refractivity contribution in [1.29, 1.82) is 0 Å². The van der Waals surface area contributed by atoms with E-state index in [1.807, 2.05) is 35.2 Å². The molecule has 0 aliphatic heterocycles. The molecule has 2 N–H and O–H groups in total. The number of carboxylic acid groups (broad SMARTS) is 1. The fourth-order valence-corrected chi connectivity index (χ4v) is 2.65. The summed E-state index contributed by atoms with van der Waals surface area (Å²) in [7, 11) is 1.78. The van der Waals surface area contributed by atoms with E-state index in [1.54, 1.807) is 29.9 Å². The van der Waals surface area contributed by atoms with Gasteiger partial charge in [-0.05, 0) is 36.2 Å². The monoisotopic (exact) mass is 338 g/mol. The molecule has 0 unspecified atom stereocenters. The minimum absolute atomic E-state index is 0.216. The van der Waals surface area contributed by atoms with Crippen LogP contribution in [0.3, 0.4) is 0 Å². The summed E-state index contributed by atoms with van der Waals surface area (Å²) < 4.78 is 3.48. The molecule has 0 bridgehead atoms. The third kappa shape index (κ3) is 3.60. The SMILES string of the molecule is Cn1ncc(C(=O)NCCc2cccc(C(=O)O)c2)c1-n1cccc1. The van der Waals surface area contributed by atoms with Crippen LogP contribution in [0.5, 0.6) is 0 Å². The van der Waals surface area contributed by atoms with Gasteiger partial charge in [-0.1, -0.05) is 12.1 Å². The Bertz CT molecular complexity index is 897. The predicted octanol–water partition coefficient (Wildman–Crippen LogP) is 1.88. The zero-order valence-electron chi connectivity index (χ0n) is 13.7. The second-order valence-electron chi connectivity index (χ2n) is 5.61. The summed E-state index contributed by atoms with van der Waals surface area (Å²) in [6.07, 6.45) is 5.79. The van der Waals surface area contributed by atoms with Crippen molar-refractivity contribution in [3.05, 3.63) is 71.7 Å². The van der Waals surface area contributed by atoms with Crippen molar-refractivity contribution in [2.75, 3.05) is 6.54 Å². The molecule has 0 aliphatic carbocycles. The van der Waals surface area contributed by atoms with Gasteiger partial charge in [0.2, 0.25) is 0 Å². The van der Waals surface area contributed by atoms with Crippen molar-refractivity contribution in [3.8, 4) is 5.82 Å². The van der Waals surface area contributed by atoms with Gasteiger partial charge >= 0.3 is 5.97 Å². The summed E-state index contributed by atoms with van der Waals surface area (Å²) in [5.74, 6) is -0.487. The summed E-state index contributed by atoms with van der Waals surface area (Å²) in [5.41, 5.74) is 1.58. The molecule has 3 rings (SSSR count). The highest BCUT2D eigenvalue weighted by molar-refractivity contribution is 5.97. The molecule has 2 aromatic heterocycles. The lowest BCUT2D eigenvalue weighted by Crippen LogP contribution is -2.26. The molecule has 0 atom stereocenters. The van der Waals surface area contributed by atoms with Crippen molar-refractivity contribution in [2.24, 2.45) is 7.05 Å². The van der Waals surface area contributed by atoms with E-state index >= 15 is 0 Å². The van der Waals surface area contributed by atoms with E-state index in [1.165, 1.54) is 6.20 Å². The summed E-state index contributed by atoms with van der Waals surface area (Å²) in [6, 6.07) is 10.5. The number of hydrogen-bond acceptors (Lipinski definition) is 3. The van der Waals surface area contributed by atoms with E-state index in [-0.39, 0.29) is 11.5 Å². The van der Waals surface area contributed by atoms with Crippen molar-refractivity contribution >= 4 is 11.9 Å². The lowest BCUT2D eigenvalue weighted by molar-refractivity contribution is 0.0696. The Labute approximate surface area is 144 Å². The highest BCUT2D eigenvalue weighted by Crippen LogP contribution is 2.14. The molecule has 25 heavy (non-hydrogen) atoms. The Balaban J connectivity index is 1.66. The highest BCUT2D eigenvalue weighted by Gasteiger charge is 2.16. The maximum Gasteiger partial charge on any atom is 0.335 e. The van der Waals surface area contributed by atoms with Gasteiger partial charge in [0.25, 0.3) is 5.91 Å². The quantitative estimate of drug-likeness (QED) is 0.718. The molecular formula is C18H18N4O3. The molecule has 128 valence electrons. The van der Waals surface area contributed by atoms with Crippen molar-refractivity contribution < 1.29 is 14.7 Å². The van der Waals surface area contributed by atoms with Gasteiger partial charge in [0.05, 0.1) is 11.8 Å². The van der Waals surface area contributed by atoms with Crippen LogP contribution in [0.1, 0.15) is 26.3 Å². The summed E-state index contributed by atoms with van der Waals surface area (Å²) in [4.78, 5) is 23.5. The number of carboxylic acids is 1. The number of benzene rings is 1. The van der Waals surface area contributed by atoms with Crippen LogP contribution in [0.4, 0.5) is 0 Å². The van der Waals surface area contributed by atoms with Gasteiger partial charge in [-0.2, -0.15) is 5.10 Å². The van der Waals surface area contributed by atoms with E-state index in [0.29, 0.717) is 24.3 Å². The fourth-order valence-electron chi connectivity index (χ4n) is 2.65. The van der Waals surface area contributed by atoms with Crippen LogP contribution in [-0.2, 0) is 13.5 Å². The topological polar surface area (TPSA) is 89.2 Å². The Morgan fingerprint density at radius 2 is 1.96 bits per heavy atom. The third-order valence-electron chi connectivity index (χ3n) is 3.87. The Morgan fingerprint density at radius 3 is 2.68 bits per heavy atom. The van der Waals surface area contributed by atoms with Gasteiger partial charge in [-0.3, -0.25) is 9.48 Å². The van der Waals surface area contributed by atoms with Crippen LogP contribution in [-0.4, -0.2) is 37.9 Å². The molecule has 7 nitrogen and oxygen atoms in total. The first kappa shape index (κ1) is 16.5. The molecule has 1 amide bonds. The first-order chi connectivity index (χ1) is 12.1. The molecule has 7 heteroatoms. The molecule has 3 aromatic rings. The molecule has 2 heterocycles. The van der Waals surface area contributed by atoms with Crippen LogP contribution in [0, 0.1) is 0 Å². The third-order valence-corrected chi connectivity index (χ3v) is 3.87. The standard InChI is InChI=1S/C18H18N4O3/c1-21-17(22-9-2-3-10-22)15(12-20-21)16(23)19-8-7-13-5-4-6-14(11-13)18(24)25/h2-6,9-12H,7-8H2,1H3,(H,19,23)(H,24,25). The number of aromatic carboxylic acids is 1. The van der Waals surface area contributed by atoms with E-state index in [2.05, 4.69) is 10.4 Å². The second-order valence-corrected chi connectivity index (χ2v) is 5.61. The number of nitrogens with zero attached hydrogens (tertiary/aromatic N) is 3. The minimum atomic E-state index is -0.961. The van der Waals surface area contributed by atoms with Crippen LogP contribution in [0.25, 0.3) is 5.82 Å². The average Bonchev–Trinajstić information content (AvgIpc) is 3.24. The van der Waals surface area contributed by atoms with Crippen molar-refractivity contribution in [1.82, 2.24) is 19.7 Å². The predicted molar refractivity (Wildman–Crippen MR) is 92.0 cm³/mol. The van der Waals surface area contributed by atoms with Gasteiger partial charge in [-0.15, -0.1) is 0 Å². The second kappa shape index (κ2) is 7.04. The summed E-state index contributed by atoms with van der Waals surface area (Å²) in [6.45, 7) is 0.405. The van der Waals surface area contributed by atoms with E-state index in [9.17, 15) is 9.59 Å². The number of aromatic nitrogens is 3. The maximum atomic E-state index is 12.5. The summed E-state index contributed by atoms with van der Waals surface area (Å²) >= 11 is 0. The number of carbonyl (C=O) groups is 2. The van der Waals surface area contributed by atoms with E-state index < -0.39 is 5.97 Å². The molecule has 1 aromatic carbocycles. The highest BCUT2D eigenvalue weighted by atomic mass is 16.4. The average molecular weight is 338 g/mol. The van der Waals surface area contributed by atoms with Crippen molar-refractivity contribution in [3.63, 3.8) is 0 Å².